The van der Waals surface area contributed by atoms with Crippen molar-refractivity contribution in [3.63, 3.8) is 0 Å². The highest BCUT2D eigenvalue weighted by Crippen LogP contribution is 2.34. The number of nitrogens with two attached hydrogens (primary N) is 1. The Kier molecular flexibility index (Phi) is 3.89. The molecule has 0 radical (unpaired) electrons. The van der Waals surface area contributed by atoms with Crippen LogP contribution in [0.25, 0.3) is 0 Å². The summed E-state index contributed by atoms with van der Waals surface area (Å²) in [5, 5.41) is 5.19. The van der Waals surface area contributed by atoms with Crippen molar-refractivity contribution < 1.29 is 0 Å². The van der Waals surface area contributed by atoms with Gasteiger partial charge < -0.3 is 5.73 Å². The number of rotatable bonds is 3. The van der Waals surface area contributed by atoms with Crippen molar-refractivity contribution in [1.82, 2.24) is 9.78 Å². The maximum atomic E-state index is 6.25. The predicted octanol–water partition coefficient (Wildman–Crippen LogP) is 3.78. The van der Waals surface area contributed by atoms with Gasteiger partial charge in [0.25, 0.3) is 0 Å². The second kappa shape index (κ2) is 4.66. The number of hydrogen-bond acceptors (Lipinski definition) is 2. The van der Waals surface area contributed by atoms with Crippen LogP contribution in [0, 0.1) is 0 Å². The normalized spacial score (nSPS) is 12.4. The lowest BCUT2D eigenvalue weighted by Crippen LogP contribution is -2.15. The molecule has 0 saturated carbocycles. The van der Waals surface area contributed by atoms with Gasteiger partial charge in [-0.2, -0.15) is 5.10 Å². The topological polar surface area (TPSA) is 43.8 Å². The van der Waals surface area contributed by atoms with Crippen LogP contribution in [0.4, 0.5) is 5.82 Å². The number of hydrogen-bond donors (Lipinski definition) is 1. The second-order valence-electron chi connectivity index (χ2n) is 5.21. The molecule has 0 aliphatic heterocycles. The van der Waals surface area contributed by atoms with Gasteiger partial charge in [-0.3, -0.25) is 0 Å². The molecule has 3 nitrogen and oxygen atoms in total. The number of halogens is 1. The maximum absolute atomic E-state index is 6.25. The van der Waals surface area contributed by atoms with Crippen LogP contribution in [0.5, 0.6) is 0 Å². The van der Waals surface area contributed by atoms with Crippen molar-refractivity contribution in [1.29, 1.82) is 0 Å². The van der Waals surface area contributed by atoms with E-state index in [2.05, 4.69) is 39.7 Å². The van der Waals surface area contributed by atoms with E-state index in [9.17, 15) is 0 Å². The molecule has 1 rings (SSSR count). The van der Waals surface area contributed by atoms with Gasteiger partial charge in [0.2, 0.25) is 0 Å². The Bertz CT molecular complexity index is 359. The third-order valence-electron chi connectivity index (χ3n) is 2.89. The fraction of sp³-hybridized carbons (Fsp3) is 0.750. The number of anilines is 1. The minimum absolute atomic E-state index is 0.0670. The van der Waals surface area contributed by atoms with Crippen LogP contribution in [-0.2, 0) is 5.41 Å². The molecule has 0 fully saturated rings. The van der Waals surface area contributed by atoms with Gasteiger partial charge in [0.05, 0.1) is 11.7 Å². The van der Waals surface area contributed by atoms with E-state index >= 15 is 0 Å². The first-order chi connectivity index (χ1) is 7.32. The fourth-order valence-corrected chi connectivity index (χ4v) is 2.23. The monoisotopic (exact) mass is 243 g/mol. The minimum atomic E-state index is -0.0670. The standard InChI is InChI=1S/C12H22ClN3/c1-6-8(7-2)16-11(14)9(13)10(15-16)12(3,4)5/h8H,6-7,14H2,1-5H3. The second-order valence-corrected chi connectivity index (χ2v) is 5.59. The highest BCUT2D eigenvalue weighted by Gasteiger charge is 2.26. The number of nitrogen functional groups attached to an aromatic ring is 1. The Morgan fingerprint density at radius 1 is 1.31 bits per heavy atom. The first kappa shape index (κ1) is 13.4. The van der Waals surface area contributed by atoms with Gasteiger partial charge in [-0.1, -0.05) is 46.2 Å². The summed E-state index contributed by atoms with van der Waals surface area (Å²) in [7, 11) is 0. The quantitative estimate of drug-likeness (QED) is 0.878. The molecule has 1 aromatic rings. The van der Waals surface area contributed by atoms with Crippen molar-refractivity contribution in [2.24, 2.45) is 0 Å². The zero-order valence-corrected chi connectivity index (χ0v) is 11.6. The lowest BCUT2D eigenvalue weighted by molar-refractivity contribution is 0.421. The van der Waals surface area contributed by atoms with Crippen molar-refractivity contribution in [2.75, 3.05) is 5.73 Å². The molecule has 0 spiro atoms. The molecule has 0 atom stereocenters. The van der Waals surface area contributed by atoms with E-state index in [1.165, 1.54) is 0 Å². The van der Waals surface area contributed by atoms with Gasteiger partial charge in [-0.15, -0.1) is 0 Å². The average Bonchev–Trinajstić information content (AvgIpc) is 2.47. The molecule has 92 valence electrons. The zero-order chi connectivity index (χ0) is 12.5. The maximum Gasteiger partial charge on any atom is 0.141 e. The first-order valence-electron chi connectivity index (χ1n) is 5.86. The van der Waals surface area contributed by atoms with E-state index in [0.29, 0.717) is 16.9 Å². The molecule has 0 amide bonds. The summed E-state index contributed by atoms with van der Waals surface area (Å²) in [6.45, 7) is 10.6. The van der Waals surface area contributed by atoms with E-state index in [-0.39, 0.29) is 5.41 Å². The van der Waals surface area contributed by atoms with Crippen molar-refractivity contribution in [3.8, 4) is 0 Å². The molecular weight excluding hydrogens is 222 g/mol. The third-order valence-corrected chi connectivity index (χ3v) is 3.26. The molecule has 4 heteroatoms. The van der Waals surface area contributed by atoms with Crippen LogP contribution in [-0.4, -0.2) is 9.78 Å². The van der Waals surface area contributed by atoms with Crippen LogP contribution in [0.3, 0.4) is 0 Å². The Morgan fingerprint density at radius 2 is 1.81 bits per heavy atom. The van der Waals surface area contributed by atoms with E-state index in [4.69, 9.17) is 17.3 Å². The van der Waals surface area contributed by atoms with Crippen LogP contribution in [0.2, 0.25) is 5.02 Å². The Balaban J connectivity index is 3.24. The van der Waals surface area contributed by atoms with Gasteiger partial charge in [-0.05, 0) is 12.8 Å². The Morgan fingerprint density at radius 3 is 2.12 bits per heavy atom. The van der Waals surface area contributed by atoms with Gasteiger partial charge in [0, 0.05) is 5.41 Å². The largest absolute Gasteiger partial charge is 0.383 e. The summed E-state index contributed by atoms with van der Waals surface area (Å²) in [4.78, 5) is 0. The number of aromatic nitrogens is 2. The lowest BCUT2D eigenvalue weighted by atomic mass is 9.92. The molecule has 0 aliphatic carbocycles. The molecular formula is C12H22ClN3. The van der Waals surface area contributed by atoms with Gasteiger partial charge in [-0.25, -0.2) is 4.68 Å². The fourth-order valence-electron chi connectivity index (χ4n) is 1.82. The van der Waals surface area contributed by atoms with Crippen LogP contribution < -0.4 is 5.73 Å². The van der Waals surface area contributed by atoms with Crippen LogP contribution >= 0.6 is 11.6 Å². The minimum Gasteiger partial charge on any atom is -0.383 e. The Labute approximate surface area is 103 Å². The third kappa shape index (κ3) is 2.34. The summed E-state index contributed by atoms with van der Waals surface area (Å²) in [5.41, 5.74) is 6.84. The molecule has 0 aliphatic rings. The van der Waals surface area contributed by atoms with Gasteiger partial charge >= 0.3 is 0 Å². The van der Waals surface area contributed by atoms with E-state index in [1.807, 2.05) is 4.68 Å². The number of nitrogens with zero attached hydrogens (tertiary/aromatic N) is 2. The highest BCUT2D eigenvalue weighted by atomic mass is 35.5. The van der Waals surface area contributed by atoms with Crippen LogP contribution in [0.1, 0.15) is 59.2 Å². The molecule has 2 N–H and O–H groups in total. The summed E-state index contributed by atoms with van der Waals surface area (Å²) < 4.78 is 1.88. The molecule has 1 aromatic heterocycles. The lowest BCUT2D eigenvalue weighted by Gasteiger charge is -2.16. The molecule has 0 unspecified atom stereocenters. The van der Waals surface area contributed by atoms with E-state index < -0.39 is 0 Å². The summed E-state index contributed by atoms with van der Waals surface area (Å²) in [6.07, 6.45) is 2.03. The van der Waals surface area contributed by atoms with Crippen molar-refractivity contribution >= 4 is 17.4 Å². The predicted molar refractivity (Wildman–Crippen MR) is 70.0 cm³/mol. The summed E-state index contributed by atoms with van der Waals surface area (Å²) in [5.74, 6) is 0.597. The van der Waals surface area contributed by atoms with E-state index in [1.54, 1.807) is 0 Å². The molecule has 0 aromatic carbocycles. The van der Waals surface area contributed by atoms with Crippen molar-refractivity contribution in [3.05, 3.63) is 10.7 Å². The SMILES string of the molecule is CCC(CC)n1nc(C(C)(C)C)c(Cl)c1N. The van der Waals surface area contributed by atoms with Gasteiger partial charge in [0.1, 0.15) is 10.8 Å². The first-order valence-corrected chi connectivity index (χ1v) is 6.24. The summed E-state index contributed by atoms with van der Waals surface area (Å²) in [6, 6.07) is 0.341. The smallest absolute Gasteiger partial charge is 0.141 e. The Hall–Kier alpha value is -0.700. The van der Waals surface area contributed by atoms with Crippen LogP contribution in [0.15, 0.2) is 0 Å². The van der Waals surface area contributed by atoms with Gasteiger partial charge in [0.15, 0.2) is 0 Å². The molecule has 0 saturated heterocycles. The molecule has 1 heterocycles. The molecule has 16 heavy (non-hydrogen) atoms. The summed E-state index contributed by atoms with van der Waals surface area (Å²) >= 11 is 6.25. The molecule has 0 bridgehead atoms. The van der Waals surface area contributed by atoms with E-state index in [0.717, 1.165) is 18.5 Å². The van der Waals surface area contributed by atoms with Crippen molar-refractivity contribution in [2.45, 2.75) is 58.9 Å². The zero-order valence-electron chi connectivity index (χ0n) is 10.8. The average molecular weight is 244 g/mol. The highest BCUT2D eigenvalue weighted by molar-refractivity contribution is 6.33.